The predicted molar refractivity (Wildman–Crippen MR) is 79.4 cm³/mol. The molecule has 0 radical (unpaired) electrons. The molecule has 0 saturated heterocycles. The van der Waals surface area contributed by atoms with Crippen LogP contribution in [0, 0.1) is 16.7 Å². The van der Waals surface area contributed by atoms with Crippen LogP contribution in [0.25, 0.3) is 0 Å². The highest BCUT2D eigenvalue weighted by Gasteiger charge is 2.36. The third kappa shape index (κ3) is 4.80. The number of carbonyl (C=O) groups excluding carboxylic acids is 1. The first-order chi connectivity index (χ1) is 9.17. The lowest BCUT2D eigenvalue weighted by Gasteiger charge is -2.31. The molecule has 0 aliphatic heterocycles. The van der Waals surface area contributed by atoms with Gasteiger partial charge in [-0.05, 0) is 44.4 Å². The standard InChI is InChI=1S/C16H29NO3/c1-12(2)9-16(7-5-6-8-16)11-17-13(18)10-15(3,4)14(19)20/h12H,5-11H2,1-4H3,(H,17,18)(H,19,20). The van der Waals surface area contributed by atoms with E-state index < -0.39 is 11.4 Å². The second-order valence-corrected chi connectivity index (χ2v) is 7.45. The number of amides is 1. The second kappa shape index (κ2) is 6.59. The molecule has 4 nitrogen and oxygen atoms in total. The monoisotopic (exact) mass is 283 g/mol. The highest BCUT2D eigenvalue weighted by molar-refractivity contribution is 5.84. The molecule has 0 atom stereocenters. The first-order valence-electron chi connectivity index (χ1n) is 7.67. The maximum atomic E-state index is 12.0. The van der Waals surface area contributed by atoms with Crippen molar-refractivity contribution in [2.24, 2.45) is 16.7 Å². The van der Waals surface area contributed by atoms with Crippen LogP contribution in [0.15, 0.2) is 0 Å². The summed E-state index contributed by atoms with van der Waals surface area (Å²) in [6.45, 7) is 8.31. The first-order valence-corrected chi connectivity index (χ1v) is 7.67. The quantitative estimate of drug-likeness (QED) is 0.754. The van der Waals surface area contributed by atoms with E-state index in [1.165, 1.54) is 25.7 Å². The summed E-state index contributed by atoms with van der Waals surface area (Å²) in [5, 5.41) is 12.0. The SMILES string of the molecule is CC(C)CC1(CNC(=O)CC(C)(C)C(=O)O)CCCC1. The lowest BCUT2D eigenvalue weighted by atomic mass is 9.78. The highest BCUT2D eigenvalue weighted by Crippen LogP contribution is 2.42. The smallest absolute Gasteiger partial charge is 0.309 e. The van der Waals surface area contributed by atoms with Crippen LogP contribution < -0.4 is 5.32 Å². The van der Waals surface area contributed by atoms with Crippen molar-refractivity contribution in [1.82, 2.24) is 5.32 Å². The Labute approximate surface area is 122 Å². The number of carboxylic acids is 1. The van der Waals surface area contributed by atoms with E-state index in [9.17, 15) is 9.59 Å². The third-order valence-corrected chi connectivity index (χ3v) is 4.35. The molecule has 20 heavy (non-hydrogen) atoms. The van der Waals surface area contributed by atoms with Crippen LogP contribution in [0.5, 0.6) is 0 Å². The normalized spacial score (nSPS) is 18.2. The van der Waals surface area contributed by atoms with Crippen molar-refractivity contribution in [1.29, 1.82) is 0 Å². The Balaban J connectivity index is 2.52. The molecule has 1 aliphatic carbocycles. The molecule has 116 valence electrons. The Morgan fingerprint density at radius 1 is 1.25 bits per heavy atom. The molecule has 0 bridgehead atoms. The van der Waals surface area contributed by atoms with E-state index in [0.717, 1.165) is 6.42 Å². The molecular formula is C16H29NO3. The topological polar surface area (TPSA) is 66.4 Å². The van der Waals surface area contributed by atoms with Gasteiger partial charge in [-0.2, -0.15) is 0 Å². The molecule has 0 heterocycles. The van der Waals surface area contributed by atoms with Crippen LogP contribution in [0.3, 0.4) is 0 Å². The summed E-state index contributed by atoms with van der Waals surface area (Å²) in [5.74, 6) is -0.446. The largest absolute Gasteiger partial charge is 0.481 e. The van der Waals surface area contributed by atoms with Gasteiger partial charge in [-0.3, -0.25) is 9.59 Å². The third-order valence-electron chi connectivity index (χ3n) is 4.35. The molecule has 0 aromatic rings. The van der Waals surface area contributed by atoms with Gasteiger partial charge in [-0.15, -0.1) is 0 Å². The zero-order valence-electron chi connectivity index (χ0n) is 13.3. The maximum Gasteiger partial charge on any atom is 0.309 e. The Hall–Kier alpha value is -1.06. The second-order valence-electron chi connectivity index (χ2n) is 7.45. The zero-order valence-corrected chi connectivity index (χ0v) is 13.3. The van der Waals surface area contributed by atoms with E-state index in [2.05, 4.69) is 19.2 Å². The molecule has 0 aromatic carbocycles. The van der Waals surface area contributed by atoms with Crippen molar-refractivity contribution in [3.8, 4) is 0 Å². The molecule has 1 rings (SSSR count). The summed E-state index contributed by atoms with van der Waals surface area (Å²) in [4.78, 5) is 23.0. The highest BCUT2D eigenvalue weighted by atomic mass is 16.4. The van der Waals surface area contributed by atoms with Gasteiger partial charge >= 0.3 is 5.97 Å². The number of hydrogen-bond donors (Lipinski definition) is 2. The number of carboxylic acid groups (broad SMARTS) is 1. The van der Waals surface area contributed by atoms with E-state index in [-0.39, 0.29) is 17.7 Å². The minimum Gasteiger partial charge on any atom is -0.481 e. The average molecular weight is 283 g/mol. The van der Waals surface area contributed by atoms with Gasteiger partial charge < -0.3 is 10.4 Å². The molecule has 4 heteroatoms. The lowest BCUT2D eigenvalue weighted by molar-refractivity contribution is -0.149. The minimum absolute atomic E-state index is 0.0418. The lowest BCUT2D eigenvalue weighted by Crippen LogP contribution is -2.39. The molecule has 1 saturated carbocycles. The fraction of sp³-hybridized carbons (Fsp3) is 0.875. The van der Waals surface area contributed by atoms with Gasteiger partial charge in [0.05, 0.1) is 5.41 Å². The van der Waals surface area contributed by atoms with Gasteiger partial charge in [-0.25, -0.2) is 0 Å². The summed E-state index contributed by atoms with van der Waals surface area (Å²) in [5.41, 5.74) is -0.762. The van der Waals surface area contributed by atoms with Gasteiger partial charge in [0.2, 0.25) is 5.91 Å². The molecular weight excluding hydrogens is 254 g/mol. The van der Waals surface area contributed by atoms with Gasteiger partial charge in [-0.1, -0.05) is 26.7 Å². The Morgan fingerprint density at radius 3 is 2.25 bits per heavy atom. The first kappa shape index (κ1) is 17.0. The summed E-state index contributed by atoms with van der Waals surface area (Å²) in [6.07, 6.45) is 6.00. The summed E-state index contributed by atoms with van der Waals surface area (Å²) in [6, 6.07) is 0. The van der Waals surface area contributed by atoms with Gasteiger partial charge in [0.25, 0.3) is 0 Å². The molecule has 1 aliphatic rings. The molecule has 0 unspecified atom stereocenters. The molecule has 0 aromatic heterocycles. The van der Waals surface area contributed by atoms with E-state index in [0.29, 0.717) is 12.5 Å². The maximum absolute atomic E-state index is 12.0. The summed E-state index contributed by atoms with van der Waals surface area (Å²) < 4.78 is 0. The van der Waals surface area contributed by atoms with Gasteiger partial charge in [0.1, 0.15) is 0 Å². The molecule has 1 fully saturated rings. The molecule has 0 spiro atoms. The van der Waals surface area contributed by atoms with E-state index in [1.54, 1.807) is 13.8 Å². The van der Waals surface area contributed by atoms with E-state index in [4.69, 9.17) is 5.11 Å². The van der Waals surface area contributed by atoms with Gasteiger partial charge in [0, 0.05) is 13.0 Å². The van der Waals surface area contributed by atoms with Crippen molar-refractivity contribution in [2.75, 3.05) is 6.54 Å². The number of nitrogens with one attached hydrogen (secondary N) is 1. The van der Waals surface area contributed by atoms with Crippen LogP contribution in [0.2, 0.25) is 0 Å². The van der Waals surface area contributed by atoms with Crippen LogP contribution in [0.4, 0.5) is 0 Å². The Bertz CT molecular complexity index is 355. The predicted octanol–water partition coefficient (Wildman–Crippen LogP) is 3.21. The summed E-state index contributed by atoms with van der Waals surface area (Å²) in [7, 11) is 0. The van der Waals surface area contributed by atoms with Crippen molar-refractivity contribution in [3.63, 3.8) is 0 Å². The van der Waals surface area contributed by atoms with Crippen molar-refractivity contribution in [3.05, 3.63) is 0 Å². The summed E-state index contributed by atoms with van der Waals surface area (Å²) >= 11 is 0. The number of hydrogen-bond acceptors (Lipinski definition) is 2. The molecule has 1 amide bonds. The van der Waals surface area contributed by atoms with Gasteiger partial charge in [0.15, 0.2) is 0 Å². The number of carbonyl (C=O) groups is 2. The van der Waals surface area contributed by atoms with Crippen molar-refractivity contribution >= 4 is 11.9 Å². The fourth-order valence-corrected chi connectivity index (χ4v) is 3.27. The van der Waals surface area contributed by atoms with Crippen LogP contribution in [0.1, 0.15) is 66.2 Å². The van der Waals surface area contributed by atoms with Crippen LogP contribution in [-0.2, 0) is 9.59 Å². The Kier molecular flexibility index (Phi) is 5.60. The fourth-order valence-electron chi connectivity index (χ4n) is 3.27. The van der Waals surface area contributed by atoms with Crippen LogP contribution >= 0.6 is 0 Å². The number of rotatable bonds is 7. The Morgan fingerprint density at radius 2 is 1.80 bits per heavy atom. The average Bonchev–Trinajstić information content (AvgIpc) is 2.74. The van der Waals surface area contributed by atoms with Crippen molar-refractivity contribution in [2.45, 2.75) is 66.2 Å². The van der Waals surface area contributed by atoms with Crippen molar-refractivity contribution < 1.29 is 14.7 Å². The van der Waals surface area contributed by atoms with E-state index in [1.807, 2.05) is 0 Å². The van der Waals surface area contributed by atoms with Crippen LogP contribution in [-0.4, -0.2) is 23.5 Å². The number of aliphatic carboxylic acids is 1. The zero-order chi connectivity index (χ0) is 15.4. The minimum atomic E-state index is -0.995. The van der Waals surface area contributed by atoms with E-state index >= 15 is 0 Å². The molecule has 2 N–H and O–H groups in total.